The molecule has 2 aromatic carbocycles. The molecule has 98 valence electrons. The quantitative estimate of drug-likeness (QED) is 0.894. The van der Waals surface area contributed by atoms with Crippen LogP contribution in [0.1, 0.15) is 15.9 Å². The minimum atomic E-state index is -0.0681. The first-order chi connectivity index (χ1) is 9.16. The van der Waals surface area contributed by atoms with Gasteiger partial charge in [-0.1, -0.05) is 35.9 Å². The Hall–Kier alpha value is -1.32. The average molecular weight is 339 g/mol. The van der Waals surface area contributed by atoms with E-state index < -0.39 is 0 Å². The van der Waals surface area contributed by atoms with Crippen LogP contribution in [0.4, 0.5) is 0 Å². The van der Waals surface area contributed by atoms with Crippen LogP contribution in [0.3, 0.4) is 0 Å². The molecule has 4 heteroatoms. The lowest BCUT2D eigenvalue weighted by Crippen LogP contribution is -2.25. The van der Waals surface area contributed by atoms with Crippen molar-refractivity contribution in [1.82, 2.24) is 5.32 Å². The Morgan fingerprint density at radius 3 is 2.47 bits per heavy atom. The summed E-state index contributed by atoms with van der Waals surface area (Å²) in [5.41, 5.74) is 1.80. The molecular formula is C15H13BrClNO. The Kier molecular flexibility index (Phi) is 5.00. The van der Waals surface area contributed by atoms with Crippen molar-refractivity contribution in [2.75, 3.05) is 6.54 Å². The zero-order valence-electron chi connectivity index (χ0n) is 10.2. The summed E-state index contributed by atoms with van der Waals surface area (Å²) in [4.78, 5) is 11.9. The summed E-state index contributed by atoms with van der Waals surface area (Å²) in [6.45, 7) is 0.599. The van der Waals surface area contributed by atoms with Crippen LogP contribution in [0, 0.1) is 0 Å². The molecule has 1 amide bonds. The smallest absolute Gasteiger partial charge is 0.252 e. The van der Waals surface area contributed by atoms with E-state index in [1.54, 1.807) is 6.07 Å². The number of rotatable bonds is 4. The van der Waals surface area contributed by atoms with Crippen molar-refractivity contribution in [2.24, 2.45) is 0 Å². The van der Waals surface area contributed by atoms with Gasteiger partial charge in [-0.05, 0) is 52.2 Å². The van der Waals surface area contributed by atoms with Gasteiger partial charge in [-0.15, -0.1) is 0 Å². The van der Waals surface area contributed by atoms with Crippen molar-refractivity contribution in [3.8, 4) is 0 Å². The maximum atomic E-state index is 11.9. The monoisotopic (exact) mass is 337 g/mol. The summed E-state index contributed by atoms with van der Waals surface area (Å²) in [6, 6.07) is 15.0. The third-order valence-electron chi connectivity index (χ3n) is 2.73. The topological polar surface area (TPSA) is 29.1 Å². The summed E-state index contributed by atoms with van der Waals surface area (Å²) < 4.78 is 0.805. The van der Waals surface area contributed by atoms with Crippen LogP contribution in [-0.4, -0.2) is 12.5 Å². The molecule has 2 aromatic rings. The first-order valence-corrected chi connectivity index (χ1v) is 7.11. The Balaban J connectivity index is 1.88. The number of benzene rings is 2. The molecule has 1 N–H and O–H groups in total. The van der Waals surface area contributed by atoms with Gasteiger partial charge in [-0.3, -0.25) is 4.79 Å². The van der Waals surface area contributed by atoms with Gasteiger partial charge in [0.2, 0.25) is 0 Å². The van der Waals surface area contributed by atoms with E-state index in [9.17, 15) is 4.79 Å². The van der Waals surface area contributed by atoms with E-state index in [1.165, 1.54) is 0 Å². The zero-order valence-corrected chi connectivity index (χ0v) is 12.5. The second kappa shape index (κ2) is 6.73. The van der Waals surface area contributed by atoms with Gasteiger partial charge >= 0.3 is 0 Å². The zero-order chi connectivity index (χ0) is 13.7. The van der Waals surface area contributed by atoms with Crippen molar-refractivity contribution in [2.45, 2.75) is 6.42 Å². The summed E-state index contributed by atoms with van der Waals surface area (Å²) >= 11 is 9.18. The van der Waals surface area contributed by atoms with E-state index in [0.717, 1.165) is 21.5 Å². The van der Waals surface area contributed by atoms with Crippen molar-refractivity contribution < 1.29 is 4.79 Å². The number of hydrogen-bond donors (Lipinski definition) is 1. The molecule has 0 fully saturated rings. The van der Waals surface area contributed by atoms with Crippen molar-refractivity contribution in [3.63, 3.8) is 0 Å². The highest BCUT2D eigenvalue weighted by Gasteiger charge is 2.07. The predicted octanol–water partition coefficient (Wildman–Crippen LogP) is 4.08. The first kappa shape index (κ1) is 14.1. The molecule has 0 atom stereocenters. The highest BCUT2D eigenvalue weighted by molar-refractivity contribution is 9.10. The van der Waals surface area contributed by atoms with E-state index in [0.29, 0.717) is 12.1 Å². The first-order valence-electron chi connectivity index (χ1n) is 5.94. The van der Waals surface area contributed by atoms with Crippen LogP contribution in [0.15, 0.2) is 53.0 Å². The minimum Gasteiger partial charge on any atom is -0.352 e. The van der Waals surface area contributed by atoms with Gasteiger partial charge in [0.1, 0.15) is 0 Å². The maximum absolute atomic E-state index is 11.9. The Bertz CT molecular complexity index is 569. The van der Waals surface area contributed by atoms with Gasteiger partial charge in [-0.25, -0.2) is 0 Å². The van der Waals surface area contributed by atoms with E-state index in [1.807, 2.05) is 42.5 Å². The number of nitrogens with one attached hydrogen (secondary N) is 1. The van der Waals surface area contributed by atoms with Crippen molar-refractivity contribution >= 4 is 33.4 Å². The molecule has 0 heterocycles. The number of halogens is 2. The normalized spacial score (nSPS) is 10.2. The summed E-state index contributed by atoms with van der Waals surface area (Å²) in [5.74, 6) is -0.0681. The number of hydrogen-bond acceptors (Lipinski definition) is 1. The second-order valence-electron chi connectivity index (χ2n) is 4.11. The molecule has 2 nitrogen and oxygen atoms in total. The standard InChI is InChI=1S/C15H13BrClNO/c16-14-4-2-1-3-13(14)15(19)18-10-9-11-5-7-12(17)8-6-11/h1-8H,9-10H2,(H,18,19). The fraction of sp³-hybridized carbons (Fsp3) is 0.133. The number of carbonyl (C=O) groups is 1. The molecule has 0 aliphatic carbocycles. The third-order valence-corrected chi connectivity index (χ3v) is 3.67. The molecule has 0 radical (unpaired) electrons. The molecule has 0 saturated heterocycles. The molecule has 0 spiro atoms. The fourth-order valence-electron chi connectivity index (χ4n) is 1.71. The van der Waals surface area contributed by atoms with Gasteiger partial charge in [0, 0.05) is 16.0 Å². The van der Waals surface area contributed by atoms with E-state index in [2.05, 4.69) is 21.2 Å². The van der Waals surface area contributed by atoms with Crippen molar-refractivity contribution in [1.29, 1.82) is 0 Å². The van der Waals surface area contributed by atoms with Gasteiger partial charge in [0.15, 0.2) is 0 Å². The van der Waals surface area contributed by atoms with Crippen LogP contribution < -0.4 is 5.32 Å². The summed E-state index contributed by atoms with van der Waals surface area (Å²) in [6.07, 6.45) is 0.785. The lowest BCUT2D eigenvalue weighted by Gasteiger charge is -2.07. The van der Waals surface area contributed by atoms with E-state index >= 15 is 0 Å². The largest absolute Gasteiger partial charge is 0.352 e. The molecule has 0 aromatic heterocycles. The molecule has 0 aliphatic heterocycles. The van der Waals surface area contributed by atoms with E-state index in [4.69, 9.17) is 11.6 Å². The van der Waals surface area contributed by atoms with Crippen molar-refractivity contribution in [3.05, 3.63) is 69.2 Å². The fourth-order valence-corrected chi connectivity index (χ4v) is 2.30. The third kappa shape index (κ3) is 4.08. The molecule has 19 heavy (non-hydrogen) atoms. The Morgan fingerprint density at radius 2 is 1.79 bits per heavy atom. The molecule has 0 saturated carbocycles. The second-order valence-corrected chi connectivity index (χ2v) is 5.40. The van der Waals surface area contributed by atoms with Gasteiger partial charge in [-0.2, -0.15) is 0 Å². The Labute approximate surface area is 125 Å². The number of carbonyl (C=O) groups excluding carboxylic acids is 1. The van der Waals surface area contributed by atoms with Crippen LogP contribution in [-0.2, 0) is 6.42 Å². The number of amides is 1. The average Bonchev–Trinajstić information content (AvgIpc) is 2.41. The van der Waals surface area contributed by atoms with Crippen LogP contribution in [0.5, 0.6) is 0 Å². The predicted molar refractivity (Wildman–Crippen MR) is 81.6 cm³/mol. The summed E-state index contributed by atoms with van der Waals surface area (Å²) in [5, 5.41) is 3.62. The summed E-state index contributed by atoms with van der Waals surface area (Å²) in [7, 11) is 0. The van der Waals surface area contributed by atoms with Gasteiger partial charge in [0.05, 0.1) is 5.56 Å². The van der Waals surface area contributed by atoms with Crippen LogP contribution in [0.25, 0.3) is 0 Å². The highest BCUT2D eigenvalue weighted by Crippen LogP contribution is 2.15. The van der Waals surface area contributed by atoms with Crippen LogP contribution in [0.2, 0.25) is 5.02 Å². The van der Waals surface area contributed by atoms with Crippen LogP contribution >= 0.6 is 27.5 Å². The molecule has 2 rings (SSSR count). The SMILES string of the molecule is O=C(NCCc1ccc(Cl)cc1)c1ccccc1Br. The molecule has 0 bridgehead atoms. The molecular weight excluding hydrogens is 326 g/mol. The Morgan fingerprint density at radius 1 is 1.11 bits per heavy atom. The molecule has 0 unspecified atom stereocenters. The molecule has 0 aliphatic rings. The minimum absolute atomic E-state index is 0.0681. The maximum Gasteiger partial charge on any atom is 0.252 e. The highest BCUT2D eigenvalue weighted by atomic mass is 79.9. The van der Waals surface area contributed by atoms with Gasteiger partial charge in [0.25, 0.3) is 5.91 Å². The van der Waals surface area contributed by atoms with E-state index in [-0.39, 0.29) is 5.91 Å². The lowest BCUT2D eigenvalue weighted by atomic mass is 10.1. The van der Waals surface area contributed by atoms with Gasteiger partial charge < -0.3 is 5.32 Å². The lowest BCUT2D eigenvalue weighted by molar-refractivity contribution is 0.0953.